The molecular weight excluding hydrogens is 385 g/mol. The molecule has 6 nitrogen and oxygen atoms in total. The molecule has 2 aromatic carbocycles. The van der Waals surface area contributed by atoms with Gasteiger partial charge in [0.15, 0.2) is 0 Å². The number of benzene rings is 2. The van der Waals surface area contributed by atoms with E-state index in [-0.39, 0.29) is 11.8 Å². The standard InChI is InChI=1S/C20H19F3N4O2/c1-3-29-16-6-4-5-14(11-16)25-18-17(20(21,22)23)12-24-19(27-18)26-13-7-9-15(28-2)10-8-13/h4-12H,3H2,1-2H3,(H2,24,25,26,27). The number of halogens is 3. The fourth-order valence-corrected chi connectivity index (χ4v) is 2.52. The molecule has 0 atom stereocenters. The lowest BCUT2D eigenvalue weighted by atomic mass is 10.2. The van der Waals surface area contributed by atoms with Gasteiger partial charge in [-0.15, -0.1) is 0 Å². The molecule has 29 heavy (non-hydrogen) atoms. The molecule has 0 unspecified atom stereocenters. The lowest BCUT2D eigenvalue weighted by Crippen LogP contribution is -2.12. The number of hydrogen-bond acceptors (Lipinski definition) is 6. The van der Waals surface area contributed by atoms with Crippen LogP contribution in [0.3, 0.4) is 0 Å². The molecule has 0 saturated carbocycles. The van der Waals surface area contributed by atoms with Crippen molar-refractivity contribution >= 4 is 23.1 Å². The molecule has 2 N–H and O–H groups in total. The lowest BCUT2D eigenvalue weighted by Gasteiger charge is -2.15. The molecular formula is C20H19F3N4O2. The van der Waals surface area contributed by atoms with Crippen LogP contribution >= 0.6 is 0 Å². The maximum Gasteiger partial charge on any atom is 0.421 e. The number of alkyl halides is 3. The van der Waals surface area contributed by atoms with Crippen molar-refractivity contribution in [2.45, 2.75) is 13.1 Å². The molecule has 0 aliphatic carbocycles. The molecule has 0 fully saturated rings. The van der Waals surface area contributed by atoms with Gasteiger partial charge in [-0.2, -0.15) is 18.2 Å². The van der Waals surface area contributed by atoms with Crippen LogP contribution in [0.5, 0.6) is 11.5 Å². The molecule has 0 aliphatic rings. The van der Waals surface area contributed by atoms with Crippen molar-refractivity contribution in [1.82, 2.24) is 9.97 Å². The number of ether oxygens (including phenoxy) is 2. The molecule has 152 valence electrons. The Kier molecular flexibility index (Phi) is 6.06. The summed E-state index contributed by atoms with van der Waals surface area (Å²) in [5.41, 5.74) is 0.0463. The maximum atomic E-state index is 13.4. The predicted octanol–water partition coefficient (Wildman–Crippen LogP) is 5.39. The normalized spacial score (nSPS) is 11.1. The van der Waals surface area contributed by atoms with Crippen LogP contribution in [0.4, 0.5) is 36.3 Å². The zero-order valence-electron chi connectivity index (χ0n) is 15.7. The summed E-state index contributed by atoms with van der Waals surface area (Å²) in [4.78, 5) is 7.82. The molecule has 0 radical (unpaired) electrons. The summed E-state index contributed by atoms with van der Waals surface area (Å²) in [6.07, 6.45) is -3.87. The van der Waals surface area contributed by atoms with E-state index in [1.807, 2.05) is 6.92 Å². The van der Waals surface area contributed by atoms with Crippen molar-refractivity contribution in [3.05, 3.63) is 60.3 Å². The number of nitrogens with zero attached hydrogens (tertiary/aromatic N) is 2. The molecule has 3 rings (SSSR count). The third-order valence-corrected chi connectivity index (χ3v) is 3.85. The fraction of sp³-hybridized carbons (Fsp3) is 0.200. The zero-order valence-corrected chi connectivity index (χ0v) is 15.7. The van der Waals surface area contributed by atoms with Gasteiger partial charge in [0.2, 0.25) is 5.95 Å². The zero-order chi connectivity index (χ0) is 20.9. The Morgan fingerprint density at radius 1 is 0.966 bits per heavy atom. The molecule has 0 saturated heterocycles. The average Bonchev–Trinajstić information content (AvgIpc) is 2.68. The number of methoxy groups -OCH3 is 1. The summed E-state index contributed by atoms with van der Waals surface area (Å²) >= 11 is 0. The Morgan fingerprint density at radius 3 is 2.38 bits per heavy atom. The van der Waals surface area contributed by atoms with E-state index in [0.29, 0.717) is 29.5 Å². The first-order valence-electron chi connectivity index (χ1n) is 8.74. The van der Waals surface area contributed by atoms with Gasteiger partial charge in [-0.25, -0.2) is 4.98 Å². The van der Waals surface area contributed by atoms with Crippen LogP contribution in [0.1, 0.15) is 12.5 Å². The van der Waals surface area contributed by atoms with Crippen molar-refractivity contribution in [2.24, 2.45) is 0 Å². The predicted molar refractivity (Wildman–Crippen MR) is 104 cm³/mol. The minimum Gasteiger partial charge on any atom is -0.497 e. The number of nitrogens with one attached hydrogen (secondary N) is 2. The summed E-state index contributed by atoms with van der Waals surface area (Å²) in [7, 11) is 1.54. The van der Waals surface area contributed by atoms with Crippen LogP contribution in [0.2, 0.25) is 0 Å². The van der Waals surface area contributed by atoms with Gasteiger partial charge in [0.1, 0.15) is 22.9 Å². The second-order valence-electron chi connectivity index (χ2n) is 5.89. The van der Waals surface area contributed by atoms with E-state index >= 15 is 0 Å². The quantitative estimate of drug-likeness (QED) is 0.550. The topological polar surface area (TPSA) is 68.3 Å². The Morgan fingerprint density at radius 2 is 1.72 bits per heavy atom. The molecule has 3 aromatic rings. The maximum absolute atomic E-state index is 13.4. The van der Waals surface area contributed by atoms with E-state index in [4.69, 9.17) is 9.47 Å². The molecule has 0 bridgehead atoms. The van der Waals surface area contributed by atoms with E-state index in [0.717, 1.165) is 6.20 Å². The molecule has 0 amide bonds. The van der Waals surface area contributed by atoms with Crippen LogP contribution in [0, 0.1) is 0 Å². The van der Waals surface area contributed by atoms with E-state index in [1.54, 1.807) is 55.6 Å². The Balaban J connectivity index is 1.90. The van der Waals surface area contributed by atoms with Crippen LogP contribution < -0.4 is 20.1 Å². The highest BCUT2D eigenvalue weighted by Crippen LogP contribution is 2.35. The largest absolute Gasteiger partial charge is 0.497 e. The highest BCUT2D eigenvalue weighted by molar-refractivity contribution is 5.64. The van der Waals surface area contributed by atoms with Crippen molar-refractivity contribution < 1.29 is 22.6 Å². The van der Waals surface area contributed by atoms with E-state index < -0.39 is 11.7 Å². The minimum absolute atomic E-state index is 0.0200. The summed E-state index contributed by atoms with van der Waals surface area (Å²) in [5.74, 6) is 0.848. The van der Waals surface area contributed by atoms with Crippen molar-refractivity contribution in [1.29, 1.82) is 0 Å². The molecule has 9 heteroatoms. The minimum atomic E-state index is -4.61. The van der Waals surface area contributed by atoms with Crippen molar-refractivity contribution in [3.63, 3.8) is 0 Å². The first kappa shape index (κ1) is 20.2. The van der Waals surface area contributed by atoms with Crippen molar-refractivity contribution in [2.75, 3.05) is 24.4 Å². The number of rotatable bonds is 7. The summed E-state index contributed by atoms with van der Waals surface area (Å²) < 4.78 is 50.7. The van der Waals surface area contributed by atoms with Gasteiger partial charge in [-0.1, -0.05) is 6.07 Å². The highest BCUT2D eigenvalue weighted by Gasteiger charge is 2.35. The van der Waals surface area contributed by atoms with Gasteiger partial charge in [0.25, 0.3) is 0 Å². The molecule has 0 aliphatic heterocycles. The first-order chi connectivity index (χ1) is 13.9. The Bertz CT molecular complexity index is 963. The van der Waals surface area contributed by atoms with Gasteiger partial charge in [0.05, 0.1) is 13.7 Å². The summed E-state index contributed by atoms with van der Waals surface area (Å²) in [6.45, 7) is 2.27. The van der Waals surface area contributed by atoms with Gasteiger partial charge < -0.3 is 20.1 Å². The Hall–Kier alpha value is -3.49. The fourth-order valence-electron chi connectivity index (χ4n) is 2.52. The van der Waals surface area contributed by atoms with Crippen LogP contribution in [-0.4, -0.2) is 23.7 Å². The molecule has 1 heterocycles. The van der Waals surface area contributed by atoms with E-state index in [2.05, 4.69) is 20.6 Å². The monoisotopic (exact) mass is 404 g/mol. The van der Waals surface area contributed by atoms with Gasteiger partial charge in [0, 0.05) is 23.6 Å². The molecule has 0 spiro atoms. The van der Waals surface area contributed by atoms with Gasteiger partial charge >= 0.3 is 6.18 Å². The van der Waals surface area contributed by atoms with Crippen molar-refractivity contribution in [3.8, 4) is 11.5 Å². The highest BCUT2D eigenvalue weighted by atomic mass is 19.4. The SMILES string of the molecule is CCOc1cccc(Nc2nc(Nc3ccc(OC)cc3)ncc2C(F)(F)F)c1. The lowest BCUT2D eigenvalue weighted by molar-refractivity contribution is -0.137. The number of hydrogen-bond donors (Lipinski definition) is 2. The average molecular weight is 404 g/mol. The Labute approximate surface area is 165 Å². The van der Waals surface area contributed by atoms with E-state index in [1.165, 1.54) is 0 Å². The van der Waals surface area contributed by atoms with Gasteiger partial charge in [-0.3, -0.25) is 0 Å². The summed E-state index contributed by atoms with van der Waals surface area (Å²) in [5, 5.41) is 5.59. The van der Waals surface area contributed by atoms with Crippen LogP contribution in [0.15, 0.2) is 54.7 Å². The third-order valence-electron chi connectivity index (χ3n) is 3.85. The van der Waals surface area contributed by atoms with Crippen LogP contribution in [0.25, 0.3) is 0 Å². The second kappa shape index (κ2) is 8.68. The summed E-state index contributed by atoms with van der Waals surface area (Å²) in [6, 6.07) is 13.5. The van der Waals surface area contributed by atoms with Crippen LogP contribution in [-0.2, 0) is 6.18 Å². The smallest absolute Gasteiger partial charge is 0.421 e. The number of aromatic nitrogens is 2. The number of anilines is 4. The third kappa shape index (κ3) is 5.28. The molecule has 1 aromatic heterocycles. The van der Waals surface area contributed by atoms with E-state index in [9.17, 15) is 13.2 Å². The first-order valence-corrected chi connectivity index (χ1v) is 8.74. The second-order valence-corrected chi connectivity index (χ2v) is 5.89. The van der Waals surface area contributed by atoms with Gasteiger partial charge in [-0.05, 0) is 43.3 Å².